The molecule has 6 nitrogen and oxygen atoms in total. The Balaban J connectivity index is 2.30. The zero-order valence-electron chi connectivity index (χ0n) is 10.0. The fourth-order valence-corrected chi connectivity index (χ4v) is 1.92. The number of carbonyl (C=O) groups is 2. The van der Waals surface area contributed by atoms with Crippen molar-refractivity contribution in [3.05, 3.63) is 22.4 Å². The highest BCUT2D eigenvalue weighted by Gasteiger charge is 2.12. The fourth-order valence-electron chi connectivity index (χ4n) is 1.28. The molecule has 1 unspecified atom stereocenters. The van der Waals surface area contributed by atoms with Crippen LogP contribution in [0, 0.1) is 0 Å². The maximum absolute atomic E-state index is 11.5. The highest BCUT2D eigenvalue weighted by Crippen LogP contribution is 2.07. The largest absolute Gasteiger partial charge is 0.394 e. The van der Waals surface area contributed by atoms with Gasteiger partial charge in [-0.15, -0.1) is 11.3 Å². The highest BCUT2D eigenvalue weighted by molar-refractivity contribution is 7.12. The van der Waals surface area contributed by atoms with Crippen LogP contribution in [0.15, 0.2) is 17.5 Å². The van der Waals surface area contributed by atoms with E-state index in [2.05, 4.69) is 10.6 Å². The van der Waals surface area contributed by atoms with Crippen LogP contribution in [0.4, 0.5) is 0 Å². The van der Waals surface area contributed by atoms with Crippen molar-refractivity contribution in [3.63, 3.8) is 0 Å². The average Bonchev–Trinajstić information content (AvgIpc) is 2.89. The Morgan fingerprint density at radius 1 is 1.56 bits per heavy atom. The van der Waals surface area contributed by atoms with Gasteiger partial charge in [0.05, 0.1) is 30.7 Å². The molecule has 1 rings (SSSR count). The molecule has 0 spiro atoms. The summed E-state index contributed by atoms with van der Waals surface area (Å²) in [7, 11) is 1.48. The highest BCUT2D eigenvalue weighted by atomic mass is 32.1. The van der Waals surface area contributed by atoms with Gasteiger partial charge in [-0.25, -0.2) is 0 Å². The molecule has 1 heterocycles. The van der Waals surface area contributed by atoms with Gasteiger partial charge in [0.25, 0.3) is 5.91 Å². The third-order valence-electron chi connectivity index (χ3n) is 2.11. The first kappa shape index (κ1) is 14.6. The summed E-state index contributed by atoms with van der Waals surface area (Å²) in [5, 5.41) is 15.8. The van der Waals surface area contributed by atoms with Crippen molar-refractivity contribution in [3.8, 4) is 0 Å². The summed E-state index contributed by atoms with van der Waals surface area (Å²) in [5.74, 6) is -0.650. The molecule has 1 atom stereocenters. The first-order chi connectivity index (χ1) is 8.67. The second kappa shape index (κ2) is 7.80. The molecule has 0 saturated heterocycles. The molecule has 1 aromatic rings. The van der Waals surface area contributed by atoms with Crippen molar-refractivity contribution in [2.75, 3.05) is 26.9 Å². The number of rotatable bonds is 7. The summed E-state index contributed by atoms with van der Waals surface area (Å²) < 4.78 is 4.82. The van der Waals surface area contributed by atoms with E-state index < -0.39 is 6.04 Å². The molecule has 0 aromatic carbocycles. The summed E-state index contributed by atoms with van der Waals surface area (Å²) in [4.78, 5) is 23.6. The van der Waals surface area contributed by atoms with E-state index in [1.165, 1.54) is 18.4 Å². The summed E-state index contributed by atoms with van der Waals surface area (Å²) >= 11 is 1.31. The van der Waals surface area contributed by atoms with Crippen LogP contribution < -0.4 is 10.6 Å². The van der Waals surface area contributed by atoms with Crippen molar-refractivity contribution in [2.45, 2.75) is 6.04 Å². The molecule has 100 valence electrons. The second-order valence-corrected chi connectivity index (χ2v) is 4.51. The van der Waals surface area contributed by atoms with Crippen LogP contribution in [-0.4, -0.2) is 49.8 Å². The maximum Gasteiger partial charge on any atom is 0.261 e. The molecule has 2 amide bonds. The standard InChI is InChI=1S/C11H16N2O4S/c1-17-7-8(6-14)13-10(15)5-12-11(16)9-3-2-4-18-9/h2-4,8,14H,5-7H2,1H3,(H,12,16)(H,13,15). The van der Waals surface area contributed by atoms with Gasteiger partial charge in [-0.1, -0.05) is 6.07 Å². The Morgan fingerprint density at radius 2 is 2.33 bits per heavy atom. The minimum absolute atomic E-state index is 0.128. The van der Waals surface area contributed by atoms with Gasteiger partial charge in [0.15, 0.2) is 0 Å². The number of hydrogen-bond donors (Lipinski definition) is 3. The van der Waals surface area contributed by atoms with Gasteiger partial charge in [0.2, 0.25) is 5.91 Å². The number of ether oxygens (including phenoxy) is 1. The van der Waals surface area contributed by atoms with Crippen LogP contribution in [0.25, 0.3) is 0 Å². The topological polar surface area (TPSA) is 87.7 Å². The molecule has 0 saturated carbocycles. The summed E-state index contributed by atoms with van der Waals surface area (Å²) in [6.07, 6.45) is 0. The maximum atomic E-state index is 11.5. The van der Waals surface area contributed by atoms with E-state index in [4.69, 9.17) is 9.84 Å². The fraction of sp³-hybridized carbons (Fsp3) is 0.455. The molecule has 0 bridgehead atoms. The van der Waals surface area contributed by atoms with Gasteiger partial charge in [0, 0.05) is 7.11 Å². The number of hydrogen-bond acceptors (Lipinski definition) is 5. The molecule has 0 aliphatic carbocycles. The van der Waals surface area contributed by atoms with Gasteiger partial charge < -0.3 is 20.5 Å². The van der Waals surface area contributed by atoms with Gasteiger partial charge in [-0.05, 0) is 11.4 Å². The molecule has 0 fully saturated rings. The first-order valence-corrected chi connectivity index (χ1v) is 6.26. The van der Waals surface area contributed by atoms with E-state index in [1.807, 2.05) is 0 Å². The van der Waals surface area contributed by atoms with Crippen molar-refractivity contribution in [2.24, 2.45) is 0 Å². The Labute approximate surface area is 109 Å². The normalized spacial score (nSPS) is 11.9. The number of aliphatic hydroxyl groups is 1. The van der Waals surface area contributed by atoms with Crippen LogP contribution in [0.5, 0.6) is 0 Å². The first-order valence-electron chi connectivity index (χ1n) is 5.38. The van der Waals surface area contributed by atoms with Crippen LogP contribution >= 0.6 is 11.3 Å². The molecule has 18 heavy (non-hydrogen) atoms. The SMILES string of the molecule is COCC(CO)NC(=O)CNC(=O)c1cccs1. The Hall–Kier alpha value is -1.44. The second-order valence-electron chi connectivity index (χ2n) is 3.56. The quantitative estimate of drug-likeness (QED) is 0.630. The molecule has 3 N–H and O–H groups in total. The van der Waals surface area contributed by atoms with Crippen LogP contribution in [0.2, 0.25) is 0 Å². The Bertz CT molecular complexity index is 380. The number of nitrogens with one attached hydrogen (secondary N) is 2. The summed E-state index contributed by atoms with van der Waals surface area (Å²) in [6, 6.07) is 2.99. The molecule has 1 aromatic heterocycles. The van der Waals surface area contributed by atoms with E-state index in [0.717, 1.165) is 0 Å². The van der Waals surface area contributed by atoms with E-state index in [1.54, 1.807) is 17.5 Å². The van der Waals surface area contributed by atoms with Crippen LogP contribution in [-0.2, 0) is 9.53 Å². The van der Waals surface area contributed by atoms with E-state index >= 15 is 0 Å². The van der Waals surface area contributed by atoms with Crippen LogP contribution in [0.1, 0.15) is 9.67 Å². The molecular weight excluding hydrogens is 256 g/mol. The Morgan fingerprint density at radius 3 is 2.89 bits per heavy atom. The summed E-state index contributed by atoms with van der Waals surface area (Å²) in [6.45, 7) is -0.115. The number of aliphatic hydroxyl groups excluding tert-OH is 1. The number of amides is 2. The smallest absolute Gasteiger partial charge is 0.261 e. The minimum Gasteiger partial charge on any atom is -0.394 e. The van der Waals surface area contributed by atoms with Crippen molar-refractivity contribution in [1.29, 1.82) is 0 Å². The number of thiophene rings is 1. The minimum atomic E-state index is -0.457. The lowest BCUT2D eigenvalue weighted by atomic mass is 10.3. The van der Waals surface area contributed by atoms with Gasteiger partial charge in [-0.3, -0.25) is 9.59 Å². The molecule has 7 heteroatoms. The van der Waals surface area contributed by atoms with Gasteiger partial charge in [-0.2, -0.15) is 0 Å². The predicted molar refractivity (Wildman–Crippen MR) is 67.5 cm³/mol. The zero-order valence-corrected chi connectivity index (χ0v) is 10.8. The third kappa shape index (κ3) is 4.82. The average molecular weight is 272 g/mol. The zero-order chi connectivity index (χ0) is 13.4. The van der Waals surface area contributed by atoms with Gasteiger partial charge >= 0.3 is 0 Å². The molecular formula is C11H16N2O4S. The number of methoxy groups -OCH3 is 1. The van der Waals surface area contributed by atoms with Crippen molar-refractivity contribution >= 4 is 23.2 Å². The van der Waals surface area contributed by atoms with Crippen molar-refractivity contribution < 1.29 is 19.4 Å². The van der Waals surface area contributed by atoms with E-state index in [-0.39, 0.29) is 31.6 Å². The predicted octanol–water partition coefficient (Wildman–Crippen LogP) is -0.399. The summed E-state index contributed by atoms with van der Waals surface area (Å²) in [5.41, 5.74) is 0. The lowest BCUT2D eigenvalue weighted by Gasteiger charge is -2.15. The third-order valence-corrected chi connectivity index (χ3v) is 2.98. The lowest BCUT2D eigenvalue weighted by molar-refractivity contribution is -0.121. The lowest BCUT2D eigenvalue weighted by Crippen LogP contribution is -2.45. The van der Waals surface area contributed by atoms with Crippen molar-refractivity contribution in [1.82, 2.24) is 10.6 Å². The molecule has 0 aliphatic heterocycles. The number of carbonyl (C=O) groups excluding carboxylic acids is 2. The monoisotopic (exact) mass is 272 g/mol. The Kier molecular flexibility index (Phi) is 6.34. The molecule has 0 aliphatic rings. The molecule has 0 radical (unpaired) electrons. The van der Waals surface area contributed by atoms with E-state index in [0.29, 0.717) is 4.88 Å². The van der Waals surface area contributed by atoms with Crippen LogP contribution in [0.3, 0.4) is 0 Å². The van der Waals surface area contributed by atoms with Gasteiger partial charge in [0.1, 0.15) is 0 Å². The van der Waals surface area contributed by atoms with E-state index in [9.17, 15) is 9.59 Å².